The summed E-state index contributed by atoms with van der Waals surface area (Å²) >= 11 is 0. The van der Waals surface area contributed by atoms with Crippen LogP contribution in [0.4, 0.5) is 0 Å². The molecule has 0 unspecified atom stereocenters. The van der Waals surface area contributed by atoms with Gasteiger partial charge in [0.2, 0.25) is 15.0 Å². The van der Waals surface area contributed by atoms with Gasteiger partial charge in [-0.2, -0.15) is 0 Å². The molecule has 2 heterocycles. The number of hydrogen-bond acceptors (Lipinski definition) is 6. The Bertz CT molecular complexity index is 800. The SMILES string of the molecule is CC(C)CCn1c(CN(C)Cc2ccncn2)cnc1S(=O)(=O)C(C)C. The lowest BCUT2D eigenvalue weighted by Gasteiger charge is -2.19. The van der Waals surface area contributed by atoms with Crippen molar-refractivity contribution in [1.82, 2.24) is 24.4 Å². The van der Waals surface area contributed by atoms with Crippen molar-refractivity contribution in [3.63, 3.8) is 0 Å². The minimum atomic E-state index is -3.42. The van der Waals surface area contributed by atoms with Gasteiger partial charge in [-0.05, 0) is 39.3 Å². The highest BCUT2D eigenvalue weighted by Gasteiger charge is 2.27. The van der Waals surface area contributed by atoms with E-state index in [-0.39, 0.29) is 5.16 Å². The minimum absolute atomic E-state index is 0.179. The van der Waals surface area contributed by atoms with Gasteiger partial charge in [0.15, 0.2) is 0 Å². The molecule has 0 spiro atoms. The van der Waals surface area contributed by atoms with Crippen molar-refractivity contribution in [2.75, 3.05) is 7.05 Å². The highest BCUT2D eigenvalue weighted by atomic mass is 32.2. The van der Waals surface area contributed by atoms with E-state index in [1.807, 2.05) is 17.7 Å². The second kappa shape index (κ2) is 8.73. The molecule has 0 fully saturated rings. The van der Waals surface area contributed by atoms with E-state index in [9.17, 15) is 8.42 Å². The van der Waals surface area contributed by atoms with Gasteiger partial charge < -0.3 is 4.57 Å². The van der Waals surface area contributed by atoms with E-state index in [4.69, 9.17) is 0 Å². The Hall–Kier alpha value is -1.80. The van der Waals surface area contributed by atoms with Crippen LogP contribution in [-0.2, 0) is 29.5 Å². The zero-order chi connectivity index (χ0) is 19.3. The molecule has 0 bridgehead atoms. The van der Waals surface area contributed by atoms with Gasteiger partial charge in [0.25, 0.3) is 0 Å². The van der Waals surface area contributed by atoms with E-state index >= 15 is 0 Å². The molecular formula is C18H29N5O2S. The number of nitrogens with zero attached hydrogens (tertiary/aromatic N) is 5. The van der Waals surface area contributed by atoms with Gasteiger partial charge in [0.1, 0.15) is 6.33 Å². The smallest absolute Gasteiger partial charge is 0.228 e. The van der Waals surface area contributed by atoms with Crippen LogP contribution in [0, 0.1) is 5.92 Å². The number of aromatic nitrogens is 4. The fourth-order valence-corrected chi connectivity index (χ4v) is 3.74. The molecule has 144 valence electrons. The zero-order valence-electron chi connectivity index (χ0n) is 16.3. The predicted molar refractivity (Wildman–Crippen MR) is 101 cm³/mol. The molecule has 26 heavy (non-hydrogen) atoms. The summed E-state index contributed by atoms with van der Waals surface area (Å²) in [6.45, 7) is 9.56. The van der Waals surface area contributed by atoms with Crippen LogP contribution in [0.15, 0.2) is 29.9 Å². The van der Waals surface area contributed by atoms with Crippen molar-refractivity contribution in [1.29, 1.82) is 0 Å². The summed E-state index contributed by atoms with van der Waals surface area (Å²) in [5.74, 6) is 0.485. The topological polar surface area (TPSA) is 81.0 Å². The highest BCUT2D eigenvalue weighted by Crippen LogP contribution is 2.20. The largest absolute Gasteiger partial charge is 0.318 e. The average molecular weight is 380 g/mol. The van der Waals surface area contributed by atoms with Crippen LogP contribution >= 0.6 is 0 Å². The van der Waals surface area contributed by atoms with Crippen molar-refractivity contribution in [3.05, 3.63) is 36.2 Å². The monoisotopic (exact) mass is 379 g/mol. The molecule has 2 aromatic rings. The molecule has 0 aromatic carbocycles. The van der Waals surface area contributed by atoms with Crippen LogP contribution < -0.4 is 0 Å². The molecule has 2 aromatic heterocycles. The van der Waals surface area contributed by atoms with Gasteiger partial charge in [0.05, 0.1) is 22.8 Å². The normalized spacial score (nSPS) is 12.5. The summed E-state index contributed by atoms with van der Waals surface area (Å²) in [5.41, 5.74) is 1.83. The van der Waals surface area contributed by atoms with Crippen molar-refractivity contribution < 1.29 is 8.42 Å². The van der Waals surface area contributed by atoms with E-state index in [0.29, 0.717) is 25.6 Å². The van der Waals surface area contributed by atoms with Crippen LogP contribution in [0.2, 0.25) is 0 Å². The molecule has 0 saturated heterocycles. The molecular weight excluding hydrogens is 350 g/mol. The summed E-state index contributed by atoms with van der Waals surface area (Å²) in [5, 5.41) is -0.312. The van der Waals surface area contributed by atoms with Crippen LogP contribution in [-0.4, -0.2) is 45.1 Å². The summed E-state index contributed by atoms with van der Waals surface area (Å²) in [6, 6.07) is 1.88. The van der Waals surface area contributed by atoms with Gasteiger partial charge in [-0.15, -0.1) is 0 Å². The van der Waals surface area contributed by atoms with Gasteiger partial charge in [-0.3, -0.25) is 4.90 Å². The van der Waals surface area contributed by atoms with Crippen LogP contribution in [0.25, 0.3) is 0 Å². The lowest BCUT2D eigenvalue weighted by atomic mass is 10.1. The maximum absolute atomic E-state index is 12.7. The third-order valence-corrected chi connectivity index (χ3v) is 6.29. The van der Waals surface area contributed by atoms with E-state index in [1.54, 1.807) is 26.2 Å². The van der Waals surface area contributed by atoms with Gasteiger partial charge in [-0.1, -0.05) is 13.8 Å². The Morgan fingerprint density at radius 1 is 1.15 bits per heavy atom. The molecule has 7 nitrogen and oxygen atoms in total. The molecule has 0 aliphatic heterocycles. The number of imidazole rings is 1. The summed E-state index contributed by atoms with van der Waals surface area (Å²) in [6.07, 6.45) is 5.84. The molecule has 0 aliphatic rings. The first-order chi connectivity index (χ1) is 12.2. The Balaban J connectivity index is 2.25. The highest BCUT2D eigenvalue weighted by molar-refractivity contribution is 7.91. The Kier molecular flexibility index (Phi) is 6.88. The molecule has 2 rings (SSSR count). The standard InChI is InChI=1S/C18H29N5O2S/c1-14(2)7-9-23-17(10-20-18(23)26(24,25)15(3)4)12-22(5)11-16-6-8-19-13-21-16/h6,8,10,13-15H,7,9,11-12H2,1-5H3. The third-order valence-electron chi connectivity index (χ3n) is 4.21. The number of sulfone groups is 1. The Labute approximate surface area is 156 Å². The van der Waals surface area contributed by atoms with Crippen molar-refractivity contribution >= 4 is 9.84 Å². The summed E-state index contributed by atoms with van der Waals surface area (Å²) in [4.78, 5) is 14.5. The van der Waals surface area contributed by atoms with Crippen LogP contribution in [0.5, 0.6) is 0 Å². The van der Waals surface area contributed by atoms with E-state index < -0.39 is 15.1 Å². The number of hydrogen-bond donors (Lipinski definition) is 0. The average Bonchev–Trinajstić information content (AvgIpc) is 2.96. The summed E-state index contributed by atoms with van der Waals surface area (Å²) in [7, 11) is -1.43. The van der Waals surface area contributed by atoms with E-state index in [0.717, 1.165) is 17.8 Å². The van der Waals surface area contributed by atoms with Gasteiger partial charge in [-0.25, -0.2) is 23.4 Å². The maximum Gasteiger partial charge on any atom is 0.228 e. The van der Waals surface area contributed by atoms with Crippen molar-refractivity contribution in [2.24, 2.45) is 5.92 Å². The quantitative estimate of drug-likeness (QED) is 0.666. The van der Waals surface area contributed by atoms with E-state index in [2.05, 4.69) is 33.7 Å². The van der Waals surface area contributed by atoms with E-state index in [1.165, 1.54) is 6.33 Å². The lowest BCUT2D eigenvalue weighted by molar-refractivity contribution is 0.302. The first kappa shape index (κ1) is 20.5. The second-order valence-corrected chi connectivity index (χ2v) is 9.73. The zero-order valence-corrected chi connectivity index (χ0v) is 17.1. The molecule has 0 saturated carbocycles. The minimum Gasteiger partial charge on any atom is -0.318 e. The molecule has 0 amide bonds. The number of rotatable bonds is 9. The van der Waals surface area contributed by atoms with Gasteiger partial charge in [0, 0.05) is 25.8 Å². The second-order valence-electron chi connectivity index (χ2n) is 7.33. The van der Waals surface area contributed by atoms with Crippen molar-refractivity contribution in [3.8, 4) is 0 Å². The first-order valence-corrected chi connectivity index (χ1v) is 10.5. The first-order valence-electron chi connectivity index (χ1n) is 8.93. The fraction of sp³-hybridized carbons (Fsp3) is 0.611. The van der Waals surface area contributed by atoms with Gasteiger partial charge >= 0.3 is 0 Å². The fourth-order valence-electron chi connectivity index (χ4n) is 2.60. The lowest BCUT2D eigenvalue weighted by Crippen LogP contribution is -2.23. The van der Waals surface area contributed by atoms with Crippen LogP contribution in [0.3, 0.4) is 0 Å². The molecule has 0 N–H and O–H groups in total. The predicted octanol–water partition coefficient (Wildman–Crippen LogP) is 2.53. The Morgan fingerprint density at radius 3 is 2.46 bits per heavy atom. The molecule has 8 heteroatoms. The third kappa shape index (κ3) is 5.11. The van der Waals surface area contributed by atoms with Crippen LogP contribution in [0.1, 0.15) is 45.5 Å². The summed E-state index contributed by atoms with van der Waals surface area (Å²) < 4.78 is 27.2. The molecule has 0 aliphatic carbocycles. The molecule has 0 atom stereocenters. The molecule has 0 radical (unpaired) electrons. The van der Waals surface area contributed by atoms with Crippen molar-refractivity contribution in [2.45, 2.75) is 64.2 Å². The maximum atomic E-state index is 12.7. The Morgan fingerprint density at radius 2 is 1.88 bits per heavy atom.